The lowest BCUT2D eigenvalue weighted by Gasteiger charge is -2.53. The van der Waals surface area contributed by atoms with Gasteiger partial charge in [-0.25, -0.2) is 0 Å². The quantitative estimate of drug-likeness (QED) is 0.685. The van der Waals surface area contributed by atoms with E-state index in [0.29, 0.717) is 12.0 Å². The SMILES string of the molecule is C.CN.NC12CCCCC1CC1c3[nH]c4ccccc4c3CCN1C2. The average Bonchev–Trinajstić information content (AvgIpc) is 3.00. The molecule has 0 amide bonds. The van der Waals surface area contributed by atoms with Gasteiger partial charge < -0.3 is 16.5 Å². The monoisotopic (exact) mass is 342 g/mol. The molecule has 3 heterocycles. The first kappa shape index (κ1) is 18.4. The first-order chi connectivity index (χ1) is 11.7. The second-order valence-electron chi connectivity index (χ2n) is 7.71. The fraction of sp³-hybridized carbons (Fsp3) is 0.619. The molecule has 2 fully saturated rings. The minimum atomic E-state index is 0. The van der Waals surface area contributed by atoms with Crippen LogP contribution in [0.15, 0.2) is 24.3 Å². The number of hydrogen-bond donors (Lipinski definition) is 3. The molecule has 3 unspecified atom stereocenters. The van der Waals surface area contributed by atoms with Gasteiger partial charge in [0.1, 0.15) is 0 Å². The molecule has 4 heteroatoms. The Bertz CT molecular complexity index is 722. The molecule has 138 valence electrons. The van der Waals surface area contributed by atoms with E-state index in [9.17, 15) is 0 Å². The van der Waals surface area contributed by atoms with Gasteiger partial charge in [0.2, 0.25) is 0 Å². The molecule has 1 aliphatic carbocycles. The van der Waals surface area contributed by atoms with Crippen LogP contribution >= 0.6 is 0 Å². The van der Waals surface area contributed by atoms with E-state index in [-0.39, 0.29) is 13.0 Å². The van der Waals surface area contributed by atoms with Crippen LogP contribution in [0.1, 0.15) is 56.8 Å². The van der Waals surface area contributed by atoms with E-state index in [2.05, 4.69) is 39.9 Å². The van der Waals surface area contributed by atoms with Gasteiger partial charge in [-0.1, -0.05) is 38.5 Å². The summed E-state index contributed by atoms with van der Waals surface area (Å²) in [4.78, 5) is 6.41. The zero-order valence-corrected chi connectivity index (χ0v) is 14.7. The normalized spacial score (nSPS) is 31.0. The lowest BCUT2D eigenvalue weighted by Crippen LogP contribution is -2.62. The third-order valence-electron chi connectivity index (χ3n) is 6.53. The molecule has 3 aliphatic rings. The highest BCUT2D eigenvalue weighted by Crippen LogP contribution is 2.47. The molecule has 2 aromatic rings. The molecule has 5 rings (SSSR count). The Morgan fingerprint density at radius 2 is 2.00 bits per heavy atom. The van der Waals surface area contributed by atoms with Gasteiger partial charge in [0, 0.05) is 35.2 Å². The van der Waals surface area contributed by atoms with Gasteiger partial charge in [-0.2, -0.15) is 0 Å². The summed E-state index contributed by atoms with van der Waals surface area (Å²) < 4.78 is 0. The Kier molecular flexibility index (Phi) is 5.24. The molecule has 1 saturated heterocycles. The lowest BCUT2D eigenvalue weighted by molar-refractivity contribution is 0.0106. The van der Waals surface area contributed by atoms with Crippen LogP contribution < -0.4 is 11.5 Å². The van der Waals surface area contributed by atoms with Crippen molar-refractivity contribution < 1.29 is 0 Å². The summed E-state index contributed by atoms with van der Waals surface area (Å²) >= 11 is 0. The summed E-state index contributed by atoms with van der Waals surface area (Å²) in [5.41, 5.74) is 15.8. The molecule has 0 spiro atoms. The minimum Gasteiger partial charge on any atom is -0.357 e. The summed E-state index contributed by atoms with van der Waals surface area (Å²) in [5.74, 6) is 0.708. The van der Waals surface area contributed by atoms with Crippen molar-refractivity contribution in [1.82, 2.24) is 9.88 Å². The van der Waals surface area contributed by atoms with Crippen molar-refractivity contribution in [2.45, 2.75) is 57.5 Å². The van der Waals surface area contributed by atoms with Gasteiger partial charge in [-0.05, 0) is 50.3 Å². The Hall–Kier alpha value is -1.36. The Balaban J connectivity index is 0.000000588. The molecular formula is C21H34N4. The van der Waals surface area contributed by atoms with E-state index in [1.54, 1.807) is 5.56 Å². The first-order valence-electron chi connectivity index (χ1n) is 9.45. The summed E-state index contributed by atoms with van der Waals surface area (Å²) in [6.45, 7) is 2.27. The Morgan fingerprint density at radius 3 is 2.84 bits per heavy atom. The summed E-state index contributed by atoms with van der Waals surface area (Å²) in [7, 11) is 1.50. The number of aromatic amines is 1. The van der Waals surface area contributed by atoms with E-state index in [1.165, 1.54) is 62.3 Å². The summed E-state index contributed by atoms with van der Waals surface area (Å²) in [6.07, 6.45) is 7.66. The number of benzene rings is 1. The highest BCUT2D eigenvalue weighted by molar-refractivity contribution is 5.85. The largest absolute Gasteiger partial charge is 0.357 e. The molecule has 5 N–H and O–H groups in total. The molecule has 4 nitrogen and oxygen atoms in total. The number of nitrogens with zero attached hydrogens (tertiary/aromatic N) is 1. The number of nitrogens with one attached hydrogen (secondary N) is 1. The van der Waals surface area contributed by atoms with Crippen LogP contribution in [0.2, 0.25) is 0 Å². The molecule has 1 saturated carbocycles. The van der Waals surface area contributed by atoms with Crippen LogP contribution in [0.3, 0.4) is 0 Å². The van der Waals surface area contributed by atoms with Crippen molar-refractivity contribution in [3.05, 3.63) is 35.5 Å². The zero-order valence-electron chi connectivity index (χ0n) is 14.7. The Labute approximate surface area is 152 Å². The van der Waals surface area contributed by atoms with E-state index in [4.69, 9.17) is 5.73 Å². The van der Waals surface area contributed by atoms with Crippen molar-refractivity contribution >= 4 is 10.9 Å². The van der Waals surface area contributed by atoms with Crippen LogP contribution in [0.25, 0.3) is 10.9 Å². The maximum atomic E-state index is 6.81. The van der Waals surface area contributed by atoms with E-state index in [0.717, 1.165) is 13.0 Å². The van der Waals surface area contributed by atoms with Gasteiger partial charge >= 0.3 is 0 Å². The number of rotatable bonds is 0. The second-order valence-corrected chi connectivity index (χ2v) is 7.71. The number of aromatic nitrogens is 1. The van der Waals surface area contributed by atoms with Gasteiger partial charge in [-0.3, -0.25) is 4.90 Å². The van der Waals surface area contributed by atoms with E-state index in [1.807, 2.05) is 0 Å². The summed E-state index contributed by atoms with van der Waals surface area (Å²) in [5, 5.41) is 1.44. The van der Waals surface area contributed by atoms with Crippen molar-refractivity contribution in [2.75, 3.05) is 20.1 Å². The molecule has 1 aromatic heterocycles. The van der Waals surface area contributed by atoms with Crippen molar-refractivity contribution in [2.24, 2.45) is 17.4 Å². The predicted molar refractivity (Wildman–Crippen MR) is 107 cm³/mol. The van der Waals surface area contributed by atoms with E-state index < -0.39 is 0 Å². The van der Waals surface area contributed by atoms with Gasteiger partial charge in [-0.15, -0.1) is 0 Å². The fourth-order valence-electron chi connectivity index (χ4n) is 5.37. The first-order valence-corrected chi connectivity index (χ1v) is 9.45. The van der Waals surface area contributed by atoms with Gasteiger partial charge in [0.15, 0.2) is 0 Å². The Morgan fingerprint density at radius 1 is 1.20 bits per heavy atom. The molecule has 3 atom stereocenters. The van der Waals surface area contributed by atoms with Crippen molar-refractivity contribution in [3.8, 4) is 0 Å². The molecule has 2 aliphatic heterocycles. The second kappa shape index (κ2) is 7.10. The standard InChI is InChI=1S/C19H25N3.CH5N.CH4/c20-19-9-4-3-5-13(19)11-17-18-15(8-10-22(17)12-19)14-6-1-2-7-16(14)21-18;1-2;/h1-2,6-7,13,17,21H,3-5,8-12,20H2;2H2,1H3;1H4. The smallest absolute Gasteiger partial charge is 0.0505 e. The van der Waals surface area contributed by atoms with Crippen LogP contribution in [0, 0.1) is 5.92 Å². The van der Waals surface area contributed by atoms with Crippen LogP contribution in [0.5, 0.6) is 0 Å². The number of piperidine rings is 1. The summed E-state index contributed by atoms with van der Waals surface area (Å²) in [6, 6.07) is 9.35. The van der Waals surface area contributed by atoms with Crippen LogP contribution in [-0.4, -0.2) is 35.6 Å². The third kappa shape index (κ3) is 2.90. The van der Waals surface area contributed by atoms with Gasteiger partial charge in [0.05, 0.1) is 6.04 Å². The highest BCUT2D eigenvalue weighted by atomic mass is 15.2. The molecule has 25 heavy (non-hydrogen) atoms. The number of nitrogens with two attached hydrogens (primary N) is 2. The molecule has 1 aromatic carbocycles. The van der Waals surface area contributed by atoms with Gasteiger partial charge in [0.25, 0.3) is 0 Å². The number of para-hydroxylation sites is 1. The minimum absolute atomic E-state index is 0. The van der Waals surface area contributed by atoms with Crippen LogP contribution in [-0.2, 0) is 6.42 Å². The van der Waals surface area contributed by atoms with E-state index >= 15 is 0 Å². The van der Waals surface area contributed by atoms with Crippen LogP contribution in [0.4, 0.5) is 0 Å². The van der Waals surface area contributed by atoms with Crippen molar-refractivity contribution in [1.29, 1.82) is 0 Å². The topological polar surface area (TPSA) is 71.1 Å². The van der Waals surface area contributed by atoms with Crippen molar-refractivity contribution in [3.63, 3.8) is 0 Å². The third-order valence-corrected chi connectivity index (χ3v) is 6.53. The number of hydrogen-bond acceptors (Lipinski definition) is 3. The lowest BCUT2D eigenvalue weighted by atomic mass is 9.66. The fourth-order valence-corrected chi connectivity index (χ4v) is 5.37. The molecular weight excluding hydrogens is 308 g/mol. The number of H-pyrrole nitrogens is 1. The maximum Gasteiger partial charge on any atom is 0.0505 e. The zero-order chi connectivity index (χ0) is 16.7. The molecule has 0 radical (unpaired) electrons. The highest BCUT2D eigenvalue weighted by Gasteiger charge is 2.47. The molecule has 0 bridgehead atoms. The maximum absolute atomic E-state index is 6.81. The predicted octanol–water partition coefficient (Wildman–Crippen LogP) is 3.57. The number of fused-ring (bicyclic) bond motifs is 6. The average molecular weight is 343 g/mol.